The molecule has 0 amide bonds. The SMILES string of the molecule is Cc1ccc(CNS(=O)(=O)c2cc(N)c(Br)cc2F)s1. The van der Waals surface area contributed by atoms with Crippen LogP contribution in [0.5, 0.6) is 0 Å². The Hall–Kier alpha value is -0.960. The second-order valence-corrected chi connectivity index (χ2v) is 8.10. The zero-order valence-electron chi connectivity index (χ0n) is 10.5. The maximum absolute atomic E-state index is 13.8. The van der Waals surface area contributed by atoms with Crippen molar-refractivity contribution < 1.29 is 12.8 Å². The topological polar surface area (TPSA) is 72.2 Å². The molecule has 1 heterocycles. The van der Waals surface area contributed by atoms with Crippen LogP contribution >= 0.6 is 27.3 Å². The number of anilines is 1. The van der Waals surface area contributed by atoms with Gasteiger partial charge in [-0.3, -0.25) is 0 Å². The van der Waals surface area contributed by atoms with Crippen molar-refractivity contribution in [3.8, 4) is 0 Å². The van der Waals surface area contributed by atoms with E-state index in [4.69, 9.17) is 5.73 Å². The number of halogens is 2. The second-order valence-electron chi connectivity index (χ2n) is 4.14. The zero-order chi connectivity index (χ0) is 14.9. The molecule has 0 aliphatic heterocycles. The molecule has 2 aromatic rings. The van der Waals surface area contributed by atoms with Crippen LogP contribution in [0.1, 0.15) is 9.75 Å². The highest BCUT2D eigenvalue weighted by atomic mass is 79.9. The number of benzene rings is 1. The van der Waals surface area contributed by atoms with Crippen molar-refractivity contribution in [2.45, 2.75) is 18.4 Å². The molecule has 1 aromatic heterocycles. The smallest absolute Gasteiger partial charge is 0.243 e. The lowest BCUT2D eigenvalue weighted by Gasteiger charge is -2.08. The summed E-state index contributed by atoms with van der Waals surface area (Å²) in [6.45, 7) is 2.05. The Kier molecular flexibility index (Phi) is 4.48. The molecule has 0 saturated carbocycles. The number of hydrogen-bond acceptors (Lipinski definition) is 4. The molecule has 1 aromatic carbocycles. The van der Waals surface area contributed by atoms with Crippen LogP contribution in [0.3, 0.4) is 0 Å². The van der Waals surface area contributed by atoms with Gasteiger partial charge in [-0.1, -0.05) is 0 Å². The summed E-state index contributed by atoms with van der Waals surface area (Å²) in [5.41, 5.74) is 5.76. The minimum atomic E-state index is -3.94. The predicted molar refractivity (Wildman–Crippen MR) is 81.6 cm³/mol. The molecule has 0 aliphatic carbocycles. The summed E-state index contributed by atoms with van der Waals surface area (Å²) in [4.78, 5) is 1.49. The lowest BCUT2D eigenvalue weighted by Crippen LogP contribution is -2.24. The van der Waals surface area contributed by atoms with E-state index in [1.54, 1.807) is 0 Å². The molecule has 0 bridgehead atoms. The number of aryl methyl sites for hydroxylation is 1. The Morgan fingerprint density at radius 3 is 2.70 bits per heavy atom. The minimum absolute atomic E-state index is 0.121. The third-order valence-corrected chi connectivity index (χ3v) is 5.68. The highest BCUT2D eigenvalue weighted by Crippen LogP contribution is 2.26. The lowest BCUT2D eigenvalue weighted by molar-refractivity contribution is 0.557. The van der Waals surface area contributed by atoms with Gasteiger partial charge in [-0.25, -0.2) is 17.5 Å². The van der Waals surface area contributed by atoms with Crippen molar-refractivity contribution in [1.29, 1.82) is 0 Å². The van der Waals surface area contributed by atoms with Crippen LogP contribution in [0.4, 0.5) is 10.1 Å². The molecule has 8 heteroatoms. The second kappa shape index (κ2) is 5.80. The molecular weight excluding hydrogens is 367 g/mol. The molecule has 0 aliphatic rings. The molecule has 0 atom stereocenters. The summed E-state index contributed by atoms with van der Waals surface area (Å²) in [5, 5.41) is 0. The zero-order valence-corrected chi connectivity index (χ0v) is 13.7. The first-order valence-corrected chi connectivity index (χ1v) is 8.68. The number of rotatable bonds is 4. The summed E-state index contributed by atoms with van der Waals surface area (Å²) in [6, 6.07) is 5.86. The Bertz CT molecular complexity index is 744. The van der Waals surface area contributed by atoms with E-state index >= 15 is 0 Å². The normalized spacial score (nSPS) is 11.8. The van der Waals surface area contributed by atoms with Crippen molar-refractivity contribution in [3.63, 3.8) is 0 Å². The highest BCUT2D eigenvalue weighted by Gasteiger charge is 2.20. The van der Waals surface area contributed by atoms with Gasteiger partial charge in [-0.15, -0.1) is 11.3 Å². The molecule has 0 unspecified atom stereocenters. The third-order valence-electron chi connectivity index (χ3n) is 2.57. The van der Waals surface area contributed by atoms with E-state index in [1.807, 2.05) is 19.1 Å². The van der Waals surface area contributed by atoms with Gasteiger partial charge in [0.25, 0.3) is 0 Å². The van der Waals surface area contributed by atoms with Crippen molar-refractivity contribution in [3.05, 3.63) is 44.3 Å². The van der Waals surface area contributed by atoms with E-state index < -0.39 is 20.7 Å². The van der Waals surface area contributed by atoms with E-state index in [9.17, 15) is 12.8 Å². The number of nitrogens with two attached hydrogens (primary N) is 1. The van der Waals surface area contributed by atoms with Crippen LogP contribution in [0.25, 0.3) is 0 Å². The predicted octanol–water partition coefficient (Wildman–Crippen LogP) is 3.02. The van der Waals surface area contributed by atoms with Crippen LogP contribution in [-0.2, 0) is 16.6 Å². The fourth-order valence-electron chi connectivity index (χ4n) is 1.57. The van der Waals surface area contributed by atoms with Gasteiger partial charge in [0.2, 0.25) is 10.0 Å². The summed E-state index contributed by atoms with van der Waals surface area (Å²) < 4.78 is 40.6. The maximum atomic E-state index is 13.8. The monoisotopic (exact) mass is 378 g/mol. The standard InChI is InChI=1S/C12H12BrFN2O2S2/c1-7-2-3-8(19-7)6-16-20(17,18)12-5-11(15)9(13)4-10(12)14/h2-5,16H,6,15H2,1H3. The van der Waals surface area contributed by atoms with Gasteiger partial charge in [-0.05, 0) is 47.1 Å². The van der Waals surface area contributed by atoms with Gasteiger partial charge in [0.05, 0.1) is 0 Å². The molecule has 3 N–H and O–H groups in total. The molecule has 2 rings (SSSR count). The fourth-order valence-corrected chi connectivity index (χ4v) is 3.91. The van der Waals surface area contributed by atoms with Crippen LogP contribution in [-0.4, -0.2) is 8.42 Å². The first kappa shape index (κ1) is 15.4. The van der Waals surface area contributed by atoms with Crippen LogP contribution in [0, 0.1) is 12.7 Å². The Labute approximate surface area is 129 Å². The summed E-state index contributed by atoms with van der Waals surface area (Å²) in [5.74, 6) is -0.846. The first-order valence-electron chi connectivity index (χ1n) is 5.59. The number of thiophene rings is 1. The third kappa shape index (κ3) is 3.38. The minimum Gasteiger partial charge on any atom is -0.398 e. The number of hydrogen-bond donors (Lipinski definition) is 2. The summed E-state index contributed by atoms with van der Waals surface area (Å²) >= 11 is 4.53. The van der Waals surface area contributed by atoms with E-state index in [1.165, 1.54) is 11.3 Å². The van der Waals surface area contributed by atoms with Crippen LogP contribution in [0.15, 0.2) is 33.6 Å². The average molecular weight is 379 g/mol. The van der Waals surface area contributed by atoms with Crippen molar-refractivity contribution in [1.82, 2.24) is 4.72 Å². The van der Waals surface area contributed by atoms with Crippen molar-refractivity contribution in [2.24, 2.45) is 0 Å². The fraction of sp³-hybridized carbons (Fsp3) is 0.167. The van der Waals surface area contributed by atoms with Crippen molar-refractivity contribution >= 4 is 43.0 Å². The molecule has 0 saturated heterocycles. The van der Waals surface area contributed by atoms with Crippen molar-refractivity contribution in [2.75, 3.05) is 5.73 Å². The van der Waals surface area contributed by atoms with Gasteiger partial charge in [0, 0.05) is 26.5 Å². The number of nitrogen functional groups attached to an aromatic ring is 1. The molecule has 0 fully saturated rings. The van der Waals surface area contributed by atoms with E-state index in [2.05, 4.69) is 20.7 Å². The van der Waals surface area contributed by atoms with Gasteiger partial charge in [-0.2, -0.15) is 0 Å². The van der Waals surface area contributed by atoms with E-state index in [0.29, 0.717) is 4.47 Å². The van der Waals surface area contributed by atoms with Gasteiger partial charge in [0.15, 0.2) is 0 Å². The molecule has 108 valence electrons. The lowest BCUT2D eigenvalue weighted by atomic mass is 10.3. The van der Waals surface area contributed by atoms with Gasteiger partial charge >= 0.3 is 0 Å². The first-order chi connectivity index (χ1) is 9.29. The largest absolute Gasteiger partial charge is 0.398 e. The highest BCUT2D eigenvalue weighted by molar-refractivity contribution is 9.10. The maximum Gasteiger partial charge on any atom is 0.243 e. The van der Waals surface area contributed by atoms with E-state index in [0.717, 1.165) is 21.9 Å². The molecular formula is C12H12BrFN2O2S2. The average Bonchev–Trinajstić information content (AvgIpc) is 2.77. The van der Waals surface area contributed by atoms with Crippen LogP contribution in [0.2, 0.25) is 0 Å². The van der Waals surface area contributed by atoms with Crippen LogP contribution < -0.4 is 10.5 Å². The molecule has 4 nitrogen and oxygen atoms in total. The summed E-state index contributed by atoms with van der Waals surface area (Å²) in [7, 11) is -3.94. The summed E-state index contributed by atoms with van der Waals surface area (Å²) in [6.07, 6.45) is 0. The van der Waals surface area contributed by atoms with Gasteiger partial charge < -0.3 is 5.73 Å². The number of sulfonamides is 1. The molecule has 0 spiro atoms. The Morgan fingerprint density at radius 1 is 1.40 bits per heavy atom. The quantitative estimate of drug-likeness (QED) is 0.803. The van der Waals surface area contributed by atoms with E-state index in [-0.39, 0.29) is 12.2 Å². The Morgan fingerprint density at radius 2 is 2.10 bits per heavy atom. The van der Waals surface area contributed by atoms with Gasteiger partial charge in [0.1, 0.15) is 10.7 Å². The molecule has 20 heavy (non-hydrogen) atoms. The molecule has 0 radical (unpaired) electrons. The number of nitrogens with one attached hydrogen (secondary N) is 1. The Balaban J connectivity index is 2.24.